The quantitative estimate of drug-likeness (QED) is 0.109. The van der Waals surface area contributed by atoms with Crippen LogP contribution in [0.4, 0.5) is 0 Å². The minimum Gasteiger partial charge on any atom is -0.358 e. The van der Waals surface area contributed by atoms with Crippen molar-refractivity contribution < 1.29 is 44.8 Å². The van der Waals surface area contributed by atoms with E-state index in [9.17, 15) is 0 Å². The average molecular weight is 1090 g/mol. The minimum absolute atomic E-state index is 0. The summed E-state index contributed by atoms with van der Waals surface area (Å²) < 4.78 is 0. The first kappa shape index (κ1) is 42.7. The summed E-state index contributed by atoms with van der Waals surface area (Å²) in [6.07, 6.45) is 0. The molecule has 4 rings (SSSR count). The van der Waals surface area contributed by atoms with Gasteiger partial charge in [-0.25, -0.2) is 0 Å². The van der Waals surface area contributed by atoms with Gasteiger partial charge in [0.05, 0.1) is 0 Å². The van der Waals surface area contributed by atoms with E-state index in [4.69, 9.17) is 0 Å². The predicted octanol–water partition coefficient (Wildman–Crippen LogP) is 10.3. The van der Waals surface area contributed by atoms with Gasteiger partial charge in [-0.2, -0.15) is 6.66 Å². The maximum Gasteiger partial charge on any atom is 0.0215 e. The summed E-state index contributed by atoms with van der Waals surface area (Å²) in [6, 6.07) is 40.9. The molecule has 4 aromatic rings. The fourth-order valence-electron chi connectivity index (χ4n) is 3.38. The Morgan fingerprint density at radius 2 is 0.600 bits per heavy atom. The van der Waals surface area contributed by atoms with Gasteiger partial charge < -0.3 is 7.43 Å². The van der Waals surface area contributed by atoms with E-state index < -0.39 is 17.9 Å². The monoisotopic (exact) mass is 1080 g/mol. The van der Waals surface area contributed by atoms with E-state index in [0.717, 1.165) is 0 Å². The molecular weight excluding hydrogens is 1040 g/mol. The van der Waals surface area contributed by atoms with Gasteiger partial charge in [0, 0.05) is 42.4 Å². The third kappa shape index (κ3) is 13.1. The molecule has 0 aliphatic carbocycles. The molecule has 0 saturated carbocycles. The average Bonchev–Trinajstić information content (AvgIpc) is 2.85. The van der Waals surface area contributed by atoms with Gasteiger partial charge >= 0.3 is 233 Å². The molecule has 7 heteroatoms. The molecule has 0 aliphatic heterocycles. The molecule has 0 unspecified atom stereocenters. The summed E-state index contributed by atoms with van der Waals surface area (Å²) >= 11 is 7.62. The van der Waals surface area contributed by atoms with Crippen molar-refractivity contribution in [2.24, 2.45) is 0 Å². The fraction of sp³-hybridized carbons (Fsp3) is 0.0909. The van der Waals surface area contributed by atoms with E-state index in [1.165, 1.54) is 21.2 Å². The molecule has 227 valence electrons. The van der Waals surface area contributed by atoms with Crippen LogP contribution in [0.3, 0.4) is 0 Å². The molecule has 0 aromatic heterocycles. The first-order chi connectivity index (χ1) is 17.0. The summed E-state index contributed by atoms with van der Waals surface area (Å²) in [4.78, 5) is 0. The van der Waals surface area contributed by atoms with Crippen molar-refractivity contribution in [2.75, 3.05) is 20.0 Å². The molecule has 0 spiro atoms. The first-order valence-electron chi connectivity index (χ1n) is 11.8. The first-order valence-corrected chi connectivity index (χ1v) is 24.4. The Labute approximate surface area is 294 Å². The predicted molar refractivity (Wildman–Crippen MR) is 194 cm³/mol. The number of hydrogen-bond acceptors (Lipinski definition) is 0. The molecule has 0 atom stereocenters. The van der Waals surface area contributed by atoms with Crippen LogP contribution >= 0.6 is 48.9 Å². The molecule has 0 saturated heterocycles. The number of hydrogen-bond donors (Lipinski definition) is 0. The van der Waals surface area contributed by atoms with E-state index in [-0.39, 0.29) is 52.2 Å². The number of halogens is 2. The SMILES string of the molecule is [Au+3].[Au].[CH2-]P([CH2-])(Br)(c1ccccc1)c1ccccc1.[CH2-]P([CH2-])(Br)(c1ccccc1)c1ccccc1.[CH2-][P+](C)(C)C.[CH3-]. The summed E-state index contributed by atoms with van der Waals surface area (Å²) in [7, 11) is -0.639. The molecule has 0 heterocycles. The van der Waals surface area contributed by atoms with Crippen LogP contribution in [0.2, 0.25) is 0 Å². The van der Waals surface area contributed by atoms with Gasteiger partial charge in [0.25, 0.3) is 0 Å². The normalized spacial score (nSPS) is 12.8. The fourth-order valence-corrected chi connectivity index (χ4v) is 10.2. The van der Waals surface area contributed by atoms with Gasteiger partial charge in [0.2, 0.25) is 0 Å². The van der Waals surface area contributed by atoms with Crippen molar-refractivity contribution in [3.8, 4) is 0 Å². The van der Waals surface area contributed by atoms with Crippen molar-refractivity contribution in [1.29, 1.82) is 0 Å². The van der Waals surface area contributed by atoms with Crippen LogP contribution < -0.4 is 21.2 Å². The van der Waals surface area contributed by atoms with Crippen LogP contribution in [0.25, 0.3) is 0 Å². The molecule has 0 N–H and O–H groups in total. The second kappa shape index (κ2) is 17.2. The minimum atomic E-state index is -2.62. The van der Waals surface area contributed by atoms with Crippen molar-refractivity contribution in [2.45, 2.75) is 0 Å². The summed E-state index contributed by atoms with van der Waals surface area (Å²) in [5, 5.41) is -0.576. The van der Waals surface area contributed by atoms with E-state index in [2.05, 4.69) is 133 Å². The van der Waals surface area contributed by atoms with E-state index in [1.54, 1.807) is 0 Å². The standard InChI is InChI=1S/2C14H14BrP.C4H11P.CH3.2Au/c2*1-16(2,15,13-9-5-3-6-10-13)14-11-7-4-8-12-14;1-5(2,3)4;;;/h2*3-12H,1-2H2;1H2,2-4H3;1H3;;/q2*-2;;-1;;+3. The third-order valence-corrected chi connectivity index (χ3v) is 16.2. The van der Waals surface area contributed by atoms with Crippen molar-refractivity contribution >= 4 is 70.1 Å². The number of benzene rings is 4. The zero-order chi connectivity index (χ0) is 27.8. The van der Waals surface area contributed by atoms with Crippen LogP contribution in [-0.2, 0) is 44.8 Å². The second-order valence-corrected chi connectivity index (χ2v) is 32.8. The van der Waals surface area contributed by atoms with E-state index >= 15 is 0 Å². The Morgan fingerprint density at radius 1 is 0.475 bits per heavy atom. The molecule has 4 aromatic carbocycles. The van der Waals surface area contributed by atoms with Gasteiger partial charge in [-0.15, -0.1) is 7.26 Å². The van der Waals surface area contributed by atoms with Crippen molar-refractivity contribution in [3.63, 3.8) is 0 Å². The smallest absolute Gasteiger partial charge is 0.0215 e. The van der Waals surface area contributed by atoms with E-state index in [1.807, 2.05) is 72.8 Å². The number of rotatable bonds is 4. The molecule has 0 fully saturated rings. The van der Waals surface area contributed by atoms with Crippen LogP contribution in [0.15, 0.2) is 121 Å². The largest absolute Gasteiger partial charge is 0.358 e. The van der Waals surface area contributed by atoms with Crippen molar-refractivity contribution in [1.82, 2.24) is 0 Å². The van der Waals surface area contributed by atoms with Gasteiger partial charge in [0.1, 0.15) is 0 Å². The molecular formula is C33H42Au2Br2P3-2. The maximum absolute atomic E-state index is 4.38. The summed E-state index contributed by atoms with van der Waals surface area (Å²) in [5.41, 5.74) is 0. The Bertz CT molecular complexity index is 1040. The Morgan fingerprint density at radius 3 is 0.725 bits per heavy atom. The van der Waals surface area contributed by atoms with Crippen LogP contribution in [0, 0.1) is 40.8 Å². The topological polar surface area (TPSA) is 0 Å². The van der Waals surface area contributed by atoms with E-state index in [0.29, 0.717) is 0 Å². The van der Waals surface area contributed by atoms with Gasteiger partial charge in [0.15, 0.2) is 0 Å². The molecule has 0 bridgehead atoms. The Kier molecular flexibility index (Phi) is 18.4. The zero-order valence-corrected chi connectivity index (χ0v) is 34.0. The second-order valence-electron chi connectivity index (χ2n) is 10.4. The van der Waals surface area contributed by atoms with Gasteiger partial charge in [-0.05, 0) is 0 Å². The maximum atomic E-state index is 4.38. The molecule has 0 aliphatic rings. The zero-order valence-electron chi connectivity index (χ0n) is 23.8. The molecule has 1 radical (unpaired) electrons. The third-order valence-electron chi connectivity index (χ3n) is 5.39. The van der Waals surface area contributed by atoms with Crippen LogP contribution in [0.5, 0.6) is 0 Å². The Hall–Kier alpha value is 0.611. The summed E-state index contributed by atoms with van der Waals surface area (Å²) in [6.45, 7) is 28.0. The van der Waals surface area contributed by atoms with Crippen molar-refractivity contribution in [3.05, 3.63) is 162 Å². The molecule has 0 nitrogen and oxygen atoms in total. The summed E-state index contributed by atoms with van der Waals surface area (Å²) in [5.74, 6) is 0. The molecule has 0 amide bonds. The molecule has 40 heavy (non-hydrogen) atoms. The van der Waals surface area contributed by atoms with Crippen LogP contribution in [-0.4, -0.2) is 20.0 Å². The van der Waals surface area contributed by atoms with Crippen LogP contribution in [0.1, 0.15) is 0 Å². The van der Waals surface area contributed by atoms with Gasteiger partial charge in [-0.3, -0.25) is 0 Å². The van der Waals surface area contributed by atoms with Gasteiger partial charge in [-0.1, -0.05) is 0 Å². The Balaban J connectivity index is 0.